The van der Waals surface area contributed by atoms with Crippen LogP contribution in [0.1, 0.15) is 66.4 Å². The Morgan fingerprint density at radius 1 is 1.29 bits per heavy atom. The number of nitrogens with zero attached hydrogens (tertiary/aromatic N) is 2. The van der Waals surface area contributed by atoms with Crippen LogP contribution in [0.5, 0.6) is 0 Å². The van der Waals surface area contributed by atoms with Gasteiger partial charge >= 0.3 is 0 Å². The maximum absolute atomic E-state index is 4.33. The monoisotopic (exact) mass is 291 g/mol. The molecule has 1 N–H and O–H groups in total. The molecule has 1 rings (SSSR count). The highest BCUT2D eigenvalue weighted by Crippen LogP contribution is 2.24. The van der Waals surface area contributed by atoms with E-state index < -0.39 is 0 Å². The molecule has 21 heavy (non-hydrogen) atoms. The molecular weight excluding hydrogens is 258 g/mol. The minimum atomic E-state index is 0.123. The Hall–Kier alpha value is -1.09. The largest absolute Gasteiger partial charge is 0.368 e. The number of hydrogen-bond donors (Lipinski definition) is 1. The molecule has 1 atom stereocenters. The van der Waals surface area contributed by atoms with E-state index in [9.17, 15) is 0 Å². The molecule has 1 aromatic rings. The molecular formula is C18H33N3. The molecule has 0 fully saturated rings. The van der Waals surface area contributed by atoms with E-state index in [1.165, 1.54) is 24.1 Å². The summed E-state index contributed by atoms with van der Waals surface area (Å²) in [6.45, 7) is 15.4. The highest BCUT2D eigenvalue weighted by Gasteiger charge is 2.17. The van der Waals surface area contributed by atoms with Crippen molar-refractivity contribution in [2.45, 2.75) is 78.9 Å². The van der Waals surface area contributed by atoms with Gasteiger partial charge in [-0.3, -0.25) is 4.98 Å². The number of hydrogen-bond acceptors (Lipinski definition) is 3. The SMILES string of the molecule is CCCCN(c1ccncc1CNC(C)(C)C)C(C)CC. The fourth-order valence-corrected chi connectivity index (χ4v) is 2.32. The van der Waals surface area contributed by atoms with Crippen molar-refractivity contribution >= 4 is 5.69 Å². The molecule has 0 amide bonds. The summed E-state index contributed by atoms with van der Waals surface area (Å²) >= 11 is 0. The second-order valence-electron chi connectivity index (χ2n) is 6.91. The van der Waals surface area contributed by atoms with Gasteiger partial charge in [0.15, 0.2) is 0 Å². The van der Waals surface area contributed by atoms with Crippen molar-refractivity contribution in [1.29, 1.82) is 0 Å². The van der Waals surface area contributed by atoms with Crippen molar-refractivity contribution in [2.24, 2.45) is 0 Å². The Kier molecular flexibility index (Phi) is 7.16. The summed E-state index contributed by atoms with van der Waals surface area (Å²) in [4.78, 5) is 6.87. The van der Waals surface area contributed by atoms with Crippen LogP contribution in [0.2, 0.25) is 0 Å². The maximum atomic E-state index is 4.33. The van der Waals surface area contributed by atoms with Crippen molar-refractivity contribution in [3.05, 3.63) is 24.0 Å². The van der Waals surface area contributed by atoms with Crippen molar-refractivity contribution in [1.82, 2.24) is 10.3 Å². The van der Waals surface area contributed by atoms with Crippen LogP contribution in [0.15, 0.2) is 18.5 Å². The average molecular weight is 291 g/mol. The van der Waals surface area contributed by atoms with Gasteiger partial charge in [0.05, 0.1) is 0 Å². The van der Waals surface area contributed by atoms with Gasteiger partial charge in [0, 0.05) is 48.3 Å². The first-order valence-electron chi connectivity index (χ1n) is 8.33. The Morgan fingerprint density at radius 2 is 2.00 bits per heavy atom. The zero-order chi connectivity index (χ0) is 15.9. The van der Waals surface area contributed by atoms with E-state index in [1.54, 1.807) is 0 Å². The molecule has 1 aromatic heterocycles. The van der Waals surface area contributed by atoms with E-state index in [4.69, 9.17) is 0 Å². The first kappa shape index (κ1) is 18.0. The maximum Gasteiger partial charge on any atom is 0.0445 e. The molecule has 120 valence electrons. The number of pyridine rings is 1. The van der Waals surface area contributed by atoms with Gasteiger partial charge in [-0.15, -0.1) is 0 Å². The van der Waals surface area contributed by atoms with Crippen LogP contribution in [0.3, 0.4) is 0 Å². The number of rotatable bonds is 8. The predicted molar refractivity (Wildman–Crippen MR) is 92.8 cm³/mol. The van der Waals surface area contributed by atoms with Gasteiger partial charge in [-0.2, -0.15) is 0 Å². The molecule has 0 radical (unpaired) electrons. The van der Waals surface area contributed by atoms with Crippen LogP contribution < -0.4 is 10.2 Å². The lowest BCUT2D eigenvalue weighted by molar-refractivity contribution is 0.423. The Labute approximate surface area is 131 Å². The third-order valence-corrected chi connectivity index (χ3v) is 3.87. The van der Waals surface area contributed by atoms with Crippen LogP contribution in [0, 0.1) is 0 Å². The van der Waals surface area contributed by atoms with Gasteiger partial charge < -0.3 is 10.2 Å². The van der Waals surface area contributed by atoms with Gasteiger partial charge in [0.25, 0.3) is 0 Å². The quantitative estimate of drug-likeness (QED) is 0.770. The van der Waals surface area contributed by atoms with E-state index in [0.717, 1.165) is 19.5 Å². The first-order chi connectivity index (χ1) is 9.89. The third kappa shape index (κ3) is 6.04. The van der Waals surface area contributed by atoms with Crippen LogP contribution in [0.25, 0.3) is 0 Å². The van der Waals surface area contributed by atoms with Crippen molar-refractivity contribution in [2.75, 3.05) is 11.4 Å². The van der Waals surface area contributed by atoms with E-state index in [2.05, 4.69) is 62.8 Å². The van der Waals surface area contributed by atoms with Gasteiger partial charge in [0.1, 0.15) is 0 Å². The minimum absolute atomic E-state index is 0.123. The van der Waals surface area contributed by atoms with Gasteiger partial charge in [-0.25, -0.2) is 0 Å². The molecule has 3 nitrogen and oxygen atoms in total. The smallest absolute Gasteiger partial charge is 0.0445 e. The molecule has 0 aromatic carbocycles. The first-order valence-corrected chi connectivity index (χ1v) is 8.33. The van der Waals surface area contributed by atoms with Crippen LogP contribution in [0.4, 0.5) is 5.69 Å². The summed E-state index contributed by atoms with van der Waals surface area (Å²) < 4.78 is 0. The van der Waals surface area contributed by atoms with Crippen molar-refractivity contribution < 1.29 is 0 Å². The molecule has 0 saturated heterocycles. The summed E-state index contributed by atoms with van der Waals surface area (Å²) in [5, 5.41) is 3.58. The summed E-state index contributed by atoms with van der Waals surface area (Å²) in [5.74, 6) is 0. The predicted octanol–water partition coefficient (Wildman–Crippen LogP) is 4.37. The molecule has 3 heteroatoms. The summed E-state index contributed by atoms with van der Waals surface area (Å²) in [6, 6.07) is 2.73. The molecule has 0 saturated carbocycles. The number of anilines is 1. The third-order valence-electron chi connectivity index (χ3n) is 3.87. The van der Waals surface area contributed by atoms with Gasteiger partial charge in [0.2, 0.25) is 0 Å². The Balaban J connectivity index is 2.96. The van der Waals surface area contributed by atoms with Crippen LogP contribution >= 0.6 is 0 Å². The lowest BCUT2D eigenvalue weighted by atomic mass is 10.1. The fourth-order valence-electron chi connectivity index (χ4n) is 2.32. The zero-order valence-corrected chi connectivity index (χ0v) is 14.7. The standard InChI is InChI=1S/C18H33N3/c1-7-9-12-21(15(3)8-2)17-10-11-19-13-16(17)14-20-18(4,5)6/h10-11,13,15,20H,7-9,12,14H2,1-6H3. The average Bonchev–Trinajstić information content (AvgIpc) is 2.45. The molecule has 0 aliphatic carbocycles. The Morgan fingerprint density at radius 3 is 2.57 bits per heavy atom. The van der Waals surface area contributed by atoms with E-state index in [0.29, 0.717) is 6.04 Å². The summed E-state index contributed by atoms with van der Waals surface area (Å²) in [5.41, 5.74) is 2.76. The molecule has 0 aliphatic rings. The van der Waals surface area contributed by atoms with Crippen LogP contribution in [-0.2, 0) is 6.54 Å². The highest BCUT2D eigenvalue weighted by molar-refractivity contribution is 5.53. The number of aromatic nitrogens is 1. The molecule has 1 unspecified atom stereocenters. The fraction of sp³-hybridized carbons (Fsp3) is 0.722. The topological polar surface area (TPSA) is 28.2 Å². The Bertz CT molecular complexity index is 409. The molecule has 0 aliphatic heterocycles. The summed E-state index contributed by atoms with van der Waals surface area (Å²) in [7, 11) is 0. The minimum Gasteiger partial charge on any atom is -0.368 e. The molecule has 1 heterocycles. The molecule has 0 bridgehead atoms. The normalized spacial score (nSPS) is 13.2. The van der Waals surface area contributed by atoms with E-state index >= 15 is 0 Å². The zero-order valence-electron chi connectivity index (χ0n) is 14.7. The second kappa shape index (κ2) is 8.38. The van der Waals surface area contributed by atoms with Crippen molar-refractivity contribution in [3.8, 4) is 0 Å². The number of nitrogens with one attached hydrogen (secondary N) is 1. The summed E-state index contributed by atoms with van der Waals surface area (Å²) in [6.07, 6.45) is 7.55. The van der Waals surface area contributed by atoms with Gasteiger partial charge in [-0.05, 0) is 46.6 Å². The van der Waals surface area contributed by atoms with E-state index in [-0.39, 0.29) is 5.54 Å². The van der Waals surface area contributed by atoms with Gasteiger partial charge in [-0.1, -0.05) is 20.3 Å². The number of unbranched alkanes of at least 4 members (excludes halogenated alkanes) is 1. The van der Waals surface area contributed by atoms with E-state index in [1.807, 2.05) is 12.4 Å². The highest BCUT2D eigenvalue weighted by atomic mass is 15.2. The molecule has 0 spiro atoms. The second-order valence-corrected chi connectivity index (χ2v) is 6.91. The lowest BCUT2D eigenvalue weighted by Crippen LogP contribution is -2.37. The van der Waals surface area contributed by atoms with Crippen LogP contribution in [-0.4, -0.2) is 23.1 Å². The van der Waals surface area contributed by atoms with Crippen molar-refractivity contribution in [3.63, 3.8) is 0 Å². The lowest BCUT2D eigenvalue weighted by Gasteiger charge is -2.33.